The first-order valence-electron chi connectivity index (χ1n) is 9.83. The molecule has 0 aliphatic carbocycles. The summed E-state index contributed by atoms with van der Waals surface area (Å²) in [4.78, 5) is 28.8. The normalized spacial score (nSPS) is 16.6. The van der Waals surface area contributed by atoms with Gasteiger partial charge in [-0.2, -0.15) is 0 Å². The van der Waals surface area contributed by atoms with Crippen LogP contribution in [0.25, 0.3) is 0 Å². The lowest BCUT2D eigenvalue weighted by molar-refractivity contribution is -0.117. The Labute approximate surface area is 168 Å². The molecule has 0 bridgehead atoms. The van der Waals surface area contributed by atoms with Gasteiger partial charge in [0, 0.05) is 37.8 Å². The summed E-state index contributed by atoms with van der Waals surface area (Å²) in [5, 5.41) is 3.04. The molecule has 0 unspecified atom stereocenters. The Balaban J connectivity index is 2.06. The summed E-state index contributed by atoms with van der Waals surface area (Å²) in [5.74, 6) is 1.94. The summed E-state index contributed by atoms with van der Waals surface area (Å²) in [6, 6.07) is 5.07. The van der Waals surface area contributed by atoms with Crippen molar-refractivity contribution in [2.75, 3.05) is 38.8 Å². The zero-order valence-electron chi connectivity index (χ0n) is 17.8. The third-order valence-corrected chi connectivity index (χ3v) is 4.59. The van der Waals surface area contributed by atoms with E-state index in [0.717, 1.165) is 5.69 Å². The Morgan fingerprint density at radius 1 is 1.14 bits per heavy atom. The number of amides is 3. The highest BCUT2D eigenvalue weighted by molar-refractivity contribution is 5.97. The van der Waals surface area contributed by atoms with E-state index in [1.54, 1.807) is 31.3 Å². The van der Waals surface area contributed by atoms with Crippen molar-refractivity contribution in [3.8, 4) is 11.5 Å². The smallest absolute Gasteiger partial charge is 0.317 e. The molecule has 2 rings (SSSR count). The summed E-state index contributed by atoms with van der Waals surface area (Å²) in [5.41, 5.74) is 0.737. The number of hydrogen-bond donors (Lipinski definition) is 1. The molecule has 1 aliphatic rings. The Bertz CT molecular complexity index is 680. The van der Waals surface area contributed by atoms with Crippen LogP contribution in [0, 0.1) is 11.8 Å². The highest BCUT2D eigenvalue weighted by Crippen LogP contribution is 2.33. The van der Waals surface area contributed by atoms with Gasteiger partial charge in [-0.25, -0.2) is 4.79 Å². The number of nitrogens with zero attached hydrogens (tertiary/aromatic N) is 2. The molecular formula is C21H33N3O4. The predicted molar refractivity (Wildman–Crippen MR) is 110 cm³/mol. The summed E-state index contributed by atoms with van der Waals surface area (Å²) in [7, 11) is 3.14. The molecule has 1 atom stereocenters. The van der Waals surface area contributed by atoms with Gasteiger partial charge in [-0.1, -0.05) is 27.7 Å². The number of nitrogens with one attached hydrogen (secondary N) is 1. The van der Waals surface area contributed by atoms with Crippen molar-refractivity contribution in [1.82, 2.24) is 10.2 Å². The van der Waals surface area contributed by atoms with Gasteiger partial charge in [0.15, 0.2) is 11.5 Å². The molecule has 1 aromatic rings. The van der Waals surface area contributed by atoms with Crippen molar-refractivity contribution in [2.24, 2.45) is 11.8 Å². The van der Waals surface area contributed by atoms with Crippen LogP contribution in [0.1, 0.15) is 34.1 Å². The minimum absolute atomic E-state index is 0.0169. The Morgan fingerprint density at radius 3 is 2.29 bits per heavy atom. The second kappa shape index (κ2) is 9.66. The van der Waals surface area contributed by atoms with Crippen molar-refractivity contribution in [1.29, 1.82) is 0 Å². The molecule has 1 saturated heterocycles. The van der Waals surface area contributed by atoms with E-state index in [4.69, 9.17) is 9.47 Å². The Morgan fingerprint density at radius 2 is 1.75 bits per heavy atom. The number of benzene rings is 1. The molecule has 3 amide bonds. The van der Waals surface area contributed by atoms with Crippen LogP contribution in [-0.4, -0.2) is 56.7 Å². The van der Waals surface area contributed by atoms with Crippen LogP contribution in [0.2, 0.25) is 0 Å². The third-order valence-electron chi connectivity index (χ3n) is 4.59. The number of ether oxygens (including phenoxy) is 2. The van der Waals surface area contributed by atoms with Gasteiger partial charge >= 0.3 is 6.03 Å². The van der Waals surface area contributed by atoms with Gasteiger partial charge in [0.2, 0.25) is 5.91 Å². The summed E-state index contributed by atoms with van der Waals surface area (Å²) in [6.07, 6.45) is 0.289. The highest BCUT2D eigenvalue weighted by atomic mass is 16.5. The van der Waals surface area contributed by atoms with Crippen LogP contribution in [0.15, 0.2) is 18.2 Å². The van der Waals surface area contributed by atoms with Crippen molar-refractivity contribution in [3.05, 3.63) is 18.2 Å². The van der Waals surface area contributed by atoms with Gasteiger partial charge in [-0.3, -0.25) is 4.79 Å². The summed E-state index contributed by atoms with van der Waals surface area (Å²) >= 11 is 0. The topological polar surface area (TPSA) is 71.1 Å². The van der Waals surface area contributed by atoms with Crippen LogP contribution < -0.4 is 19.7 Å². The lowest BCUT2D eigenvalue weighted by atomic mass is 10.1. The van der Waals surface area contributed by atoms with Crippen LogP contribution in [-0.2, 0) is 4.79 Å². The quantitative estimate of drug-likeness (QED) is 0.739. The first-order valence-corrected chi connectivity index (χ1v) is 9.83. The molecule has 0 aromatic heterocycles. The fourth-order valence-electron chi connectivity index (χ4n) is 3.43. The average molecular weight is 392 g/mol. The maximum atomic E-state index is 12.8. The van der Waals surface area contributed by atoms with Gasteiger partial charge in [-0.15, -0.1) is 0 Å². The zero-order chi connectivity index (χ0) is 20.8. The maximum absolute atomic E-state index is 12.8. The minimum Gasteiger partial charge on any atom is -0.493 e. The number of hydrogen-bond acceptors (Lipinski definition) is 4. The largest absolute Gasteiger partial charge is 0.493 e. The van der Waals surface area contributed by atoms with E-state index in [1.165, 1.54) is 0 Å². The van der Waals surface area contributed by atoms with E-state index < -0.39 is 0 Å². The van der Waals surface area contributed by atoms with Crippen molar-refractivity contribution in [2.45, 2.75) is 40.2 Å². The highest BCUT2D eigenvalue weighted by Gasteiger charge is 2.33. The Kier molecular flexibility index (Phi) is 7.54. The predicted octanol–water partition coefficient (Wildman–Crippen LogP) is 3.13. The fraction of sp³-hybridized carbons (Fsp3) is 0.619. The summed E-state index contributed by atoms with van der Waals surface area (Å²) in [6.45, 7) is 10.2. The first kappa shape index (κ1) is 21.9. The molecule has 28 heavy (non-hydrogen) atoms. The van der Waals surface area contributed by atoms with E-state index in [9.17, 15) is 9.59 Å². The zero-order valence-corrected chi connectivity index (χ0v) is 17.8. The van der Waals surface area contributed by atoms with Gasteiger partial charge in [0.25, 0.3) is 0 Å². The SMILES string of the molecule is COc1ccc(N2C[C@H](NC(=O)N(CC(C)C)CC(C)C)CC2=O)cc1OC. The number of carbonyl (C=O) groups excluding carboxylic acids is 2. The standard InChI is InChI=1S/C21H33N3O4/c1-14(2)11-23(12-15(3)4)21(26)22-16-9-20(25)24(13-16)17-7-8-18(27-5)19(10-17)28-6/h7-8,10,14-16H,9,11-13H2,1-6H3,(H,22,26)/t16-/m1/s1. The second-order valence-electron chi connectivity index (χ2n) is 8.09. The number of urea groups is 1. The van der Waals surface area contributed by atoms with E-state index in [1.807, 2.05) is 11.0 Å². The summed E-state index contributed by atoms with van der Waals surface area (Å²) < 4.78 is 10.6. The van der Waals surface area contributed by atoms with E-state index in [-0.39, 0.29) is 24.4 Å². The molecule has 0 radical (unpaired) electrons. The van der Waals surface area contributed by atoms with E-state index >= 15 is 0 Å². The number of rotatable bonds is 8. The van der Waals surface area contributed by atoms with Gasteiger partial charge in [-0.05, 0) is 24.0 Å². The van der Waals surface area contributed by atoms with Crippen molar-refractivity contribution < 1.29 is 19.1 Å². The molecule has 0 saturated carbocycles. The van der Waals surface area contributed by atoms with E-state index in [0.29, 0.717) is 43.0 Å². The van der Waals surface area contributed by atoms with Crippen LogP contribution in [0.5, 0.6) is 11.5 Å². The third kappa shape index (κ3) is 5.53. The number of anilines is 1. The van der Waals surface area contributed by atoms with Crippen molar-refractivity contribution in [3.63, 3.8) is 0 Å². The van der Waals surface area contributed by atoms with Crippen LogP contribution in [0.3, 0.4) is 0 Å². The molecule has 7 heteroatoms. The molecule has 1 N–H and O–H groups in total. The fourth-order valence-corrected chi connectivity index (χ4v) is 3.43. The minimum atomic E-state index is -0.213. The monoisotopic (exact) mass is 391 g/mol. The molecule has 1 fully saturated rings. The number of carbonyl (C=O) groups is 2. The molecule has 156 valence electrons. The lowest BCUT2D eigenvalue weighted by Gasteiger charge is -2.28. The lowest BCUT2D eigenvalue weighted by Crippen LogP contribution is -2.48. The number of methoxy groups -OCH3 is 2. The molecule has 0 spiro atoms. The molecule has 1 aliphatic heterocycles. The molecule has 1 heterocycles. The van der Waals surface area contributed by atoms with Gasteiger partial charge in [0.1, 0.15) is 0 Å². The van der Waals surface area contributed by atoms with E-state index in [2.05, 4.69) is 33.0 Å². The Hall–Kier alpha value is -2.44. The molecular weight excluding hydrogens is 358 g/mol. The molecule has 1 aromatic carbocycles. The van der Waals surface area contributed by atoms with Crippen LogP contribution in [0.4, 0.5) is 10.5 Å². The average Bonchev–Trinajstić information content (AvgIpc) is 2.99. The molecule has 7 nitrogen and oxygen atoms in total. The van der Waals surface area contributed by atoms with Crippen LogP contribution >= 0.6 is 0 Å². The second-order valence-corrected chi connectivity index (χ2v) is 8.09. The maximum Gasteiger partial charge on any atom is 0.317 e. The van der Waals surface area contributed by atoms with Gasteiger partial charge in [0.05, 0.1) is 20.3 Å². The van der Waals surface area contributed by atoms with Crippen molar-refractivity contribution >= 4 is 17.6 Å². The first-order chi connectivity index (χ1) is 13.2. The van der Waals surface area contributed by atoms with Gasteiger partial charge < -0.3 is 24.6 Å².